The quantitative estimate of drug-likeness (QED) is 0.803. The van der Waals surface area contributed by atoms with Gasteiger partial charge < -0.3 is 9.88 Å². The Labute approximate surface area is 86.0 Å². The van der Waals surface area contributed by atoms with E-state index in [-0.39, 0.29) is 6.04 Å². The van der Waals surface area contributed by atoms with E-state index in [2.05, 4.69) is 19.9 Å². The molecule has 0 saturated carbocycles. The van der Waals surface area contributed by atoms with Gasteiger partial charge in [0.2, 0.25) is 0 Å². The third-order valence-corrected chi connectivity index (χ3v) is 2.50. The highest BCUT2D eigenvalue weighted by Gasteiger charge is 2.16. The van der Waals surface area contributed by atoms with Crippen LogP contribution in [-0.2, 0) is 7.05 Å². The fourth-order valence-electron chi connectivity index (χ4n) is 1.33. The third-order valence-electron chi connectivity index (χ3n) is 1.98. The number of hydrogen-bond donors (Lipinski definition) is 1. The second-order valence-electron chi connectivity index (χ2n) is 3.02. The third kappa shape index (κ3) is 1.66. The number of aryl methyl sites for hydroxylation is 1. The molecule has 0 bridgehead atoms. The summed E-state index contributed by atoms with van der Waals surface area (Å²) in [5.41, 5.74) is 1.87. The van der Waals surface area contributed by atoms with Gasteiger partial charge in [-0.3, -0.25) is 0 Å². The van der Waals surface area contributed by atoms with Crippen LogP contribution in [0.4, 0.5) is 0 Å². The summed E-state index contributed by atoms with van der Waals surface area (Å²) in [7, 11) is 3.83. The molecule has 5 nitrogen and oxygen atoms in total. The number of rotatable bonds is 3. The summed E-state index contributed by atoms with van der Waals surface area (Å²) in [6, 6.07) is 0.0370. The molecule has 6 heteroatoms. The summed E-state index contributed by atoms with van der Waals surface area (Å²) >= 11 is 1.35. The zero-order chi connectivity index (χ0) is 9.97. The van der Waals surface area contributed by atoms with E-state index in [0.717, 1.165) is 11.4 Å². The highest BCUT2D eigenvalue weighted by Crippen LogP contribution is 2.18. The van der Waals surface area contributed by atoms with Crippen LogP contribution in [0, 0.1) is 0 Å². The van der Waals surface area contributed by atoms with Crippen LogP contribution in [0.3, 0.4) is 0 Å². The van der Waals surface area contributed by atoms with Crippen molar-refractivity contribution >= 4 is 11.5 Å². The van der Waals surface area contributed by atoms with Crippen LogP contribution in [-0.4, -0.2) is 26.2 Å². The SMILES string of the molecule is CNC(c1cn(C)cn1)c1csnn1. The Morgan fingerprint density at radius 2 is 2.36 bits per heavy atom. The van der Waals surface area contributed by atoms with E-state index in [1.165, 1.54) is 11.5 Å². The van der Waals surface area contributed by atoms with Crippen molar-refractivity contribution in [1.82, 2.24) is 24.5 Å². The summed E-state index contributed by atoms with van der Waals surface area (Å²) in [5.74, 6) is 0. The van der Waals surface area contributed by atoms with E-state index in [0.29, 0.717) is 0 Å². The van der Waals surface area contributed by atoms with Gasteiger partial charge in [-0.05, 0) is 18.6 Å². The largest absolute Gasteiger partial charge is 0.340 e. The molecule has 74 valence electrons. The van der Waals surface area contributed by atoms with E-state index in [1.54, 1.807) is 6.33 Å². The van der Waals surface area contributed by atoms with Crippen molar-refractivity contribution in [3.63, 3.8) is 0 Å². The number of nitrogens with one attached hydrogen (secondary N) is 1. The van der Waals surface area contributed by atoms with Crippen LogP contribution < -0.4 is 5.32 Å². The lowest BCUT2D eigenvalue weighted by atomic mass is 10.2. The van der Waals surface area contributed by atoms with Gasteiger partial charge in [0, 0.05) is 18.6 Å². The molecule has 0 aliphatic rings. The van der Waals surface area contributed by atoms with Crippen molar-refractivity contribution in [2.24, 2.45) is 7.05 Å². The molecule has 2 heterocycles. The smallest absolute Gasteiger partial charge is 0.0986 e. The number of imidazole rings is 1. The molecule has 0 radical (unpaired) electrons. The first-order chi connectivity index (χ1) is 6.81. The van der Waals surface area contributed by atoms with E-state index in [4.69, 9.17) is 0 Å². The lowest BCUT2D eigenvalue weighted by Crippen LogP contribution is -2.18. The Morgan fingerprint density at radius 3 is 2.86 bits per heavy atom. The molecule has 0 fully saturated rings. The Kier molecular flexibility index (Phi) is 2.55. The first-order valence-electron chi connectivity index (χ1n) is 4.23. The van der Waals surface area contributed by atoms with Gasteiger partial charge >= 0.3 is 0 Å². The van der Waals surface area contributed by atoms with Crippen LogP contribution in [0.1, 0.15) is 17.4 Å². The van der Waals surface area contributed by atoms with Crippen molar-refractivity contribution in [2.75, 3.05) is 7.05 Å². The Morgan fingerprint density at radius 1 is 1.50 bits per heavy atom. The second-order valence-corrected chi connectivity index (χ2v) is 3.63. The monoisotopic (exact) mass is 209 g/mol. The molecule has 0 aliphatic heterocycles. The van der Waals surface area contributed by atoms with Gasteiger partial charge in [0.25, 0.3) is 0 Å². The van der Waals surface area contributed by atoms with Crippen molar-refractivity contribution in [2.45, 2.75) is 6.04 Å². The molecule has 0 amide bonds. The predicted octanol–water partition coefficient (Wildman–Crippen LogP) is 0.580. The fourth-order valence-corrected chi connectivity index (χ4v) is 1.81. The molecular weight excluding hydrogens is 198 g/mol. The molecule has 0 aromatic carbocycles. The Bertz CT molecular complexity index is 394. The zero-order valence-corrected chi connectivity index (χ0v) is 8.82. The normalized spacial score (nSPS) is 13.0. The Balaban J connectivity index is 2.31. The second kappa shape index (κ2) is 3.85. The molecule has 2 rings (SSSR count). The minimum absolute atomic E-state index is 0.0370. The summed E-state index contributed by atoms with van der Waals surface area (Å²) in [4.78, 5) is 4.28. The molecule has 14 heavy (non-hydrogen) atoms. The van der Waals surface area contributed by atoms with Gasteiger partial charge in [0.05, 0.1) is 23.8 Å². The van der Waals surface area contributed by atoms with Crippen molar-refractivity contribution < 1.29 is 0 Å². The van der Waals surface area contributed by atoms with Gasteiger partial charge in [-0.1, -0.05) is 4.49 Å². The summed E-state index contributed by atoms with van der Waals surface area (Å²) in [5, 5.41) is 9.12. The summed E-state index contributed by atoms with van der Waals surface area (Å²) < 4.78 is 5.76. The maximum absolute atomic E-state index is 4.28. The highest BCUT2D eigenvalue weighted by atomic mass is 32.1. The number of hydrogen-bond acceptors (Lipinski definition) is 5. The van der Waals surface area contributed by atoms with E-state index in [9.17, 15) is 0 Å². The molecule has 0 aliphatic carbocycles. The predicted molar refractivity (Wildman–Crippen MR) is 54.0 cm³/mol. The van der Waals surface area contributed by atoms with Crippen LogP contribution >= 0.6 is 11.5 Å². The van der Waals surface area contributed by atoms with E-state index < -0.39 is 0 Å². The minimum Gasteiger partial charge on any atom is -0.340 e. The van der Waals surface area contributed by atoms with Crippen molar-refractivity contribution in [3.05, 3.63) is 29.3 Å². The lowest BCUT2D eigenvalue weighted by molar-refractivity contribution is 0.651. The standard InChI is InChI=1S/C8H11N5S/c1-9-8(7-4-14-12-11-7)6-3-13(2)5-10-6/h3-5,8-9H,1-2H3. The lowest BCUT2D eigenvalue weighted by Gasteiger charge is -2.09. The summed E-state index contributed by atoms with van der Waals surface area (Å²) in [6.07, 6.45) is 3.75. The molecule has 1 unspecified atom stereocenters. The van der Waals surface area contributed by atoms with Crippen LogP contribution in [0.2, 0.25) is 0 Å². The Hall–Kier alpha value is -1.27. The minimum atomic E-state index is 0.0370. The number of aromatic nitrogens is 4. The molecule has 2 aromatic heterocycles. The molecule has 1 atom stereocenters. The molecule has 0 saturated heterocycles. The van der Waals surface area contributed by atoms with E-state index >= 15 is 0 Å². The molecular formula is C8H11N5S. The molecule has 0 spiro atoms. The molecule has 2 aromatic rings. The van der Waals surface area contributed by atoms with E-state index in [1.807, 2.05) is 30.2 Å². The maximum atomic E-state index is 4.28. The van der Waals surface area contributed by atoms with Gasteiger partial charge in [-0.25, -0.2) is 4.98 Å². The topological polar surface area (TPSA) is 55.6 Å². The van der Waals surface area contributed by atoms with Gasteiger partial charge in [0.1, 0.15) is 0 Å². The van der Waals surface area contributed by atoms with Crippen LogP contribution in [0.15, 0.2) is 17.9 Å². The van der Waals surface area contributed by atoms with Crippen LogP contribution in [0.25, 0.3) is 0 Å². The zero-order valence-electron chi connectivity index (χ0n) is 8.01. The highest BCUT2D eigenvalue weighted by molar-refractivity contribution is 7.03. The van der Waals surface area contributed by atoms with Gasteiger partial charge in [0.15, 0.2) is 0 Å². The maximum Gasteiger partial charge on any atom is 0.0986 e. The fraction of sp³-hybridized carbons (Fsp3) is 0.375. The van der Waals surface area contributed by atoms with Crippen molar-refractivity contribution in [3.8, 4) is 0 Å². The first-order valence-corrected chi connectivity index (χ1v) is 5.07. The summed E-state index contributed by atoms with van der Waals surface area (Å²) in [6.45, 7) is 0. The molecule has 1 N–H and O–H groups in total. The van der Waals surface area contributed by atoms with Gasteiger partial charge in [-0.2, -0.15) is 0 Å². The average molecular weight is 209 g/mol. The number of nitrogens with zero attached hydrogens (tertiary/aromatic N) is 4. The van der Waals surface area contributed by atoms with Crippen molar-refractivity contribution in [1.29, 1.82) is 0 Å². The first kappa shape index (κ1) is 9.29. The van der Waals surface area contributed by atoms with Gasteiger partial charge in [-0.15, -0.1) is 5.10 Å². The average Bonchev–Trinajstić information content (AvgIpc) is 2.79. The van der Waals surface area contributed by atoms with Crippen LogP contribution in [0.5, 0.6) is 0 Å².